The van der Waals surface area contributed by atoms with Crippen LogP contribution in [0.2, 0.25) is 0 Å². The average molecular weight is 336 g/mol. The number of hydrogen-bond donors (Lipinski definition) is 0. The van der Waals surface area contributed by atoms with E-state index in [9.17, 15) is 13.7 Å². The van der Waals surface area contributed by atoms with Gasteiger partial charge >= 0.3 is 0 Å². The highest BCUT2D eigenvalue weighted by Crippen LogP contribution is 2.29. The van der Waals surface area contributed by atoms with Gasteiger partial charge in [-0.3, -0.25) is 0 Å². The van der Waals surface area contributed by atoms with E-state index < -0.39 is 9.84 Å². The minimum Gasteiger partial charge on any atom is -0.224 e. The standard InChI is InChI=1S/C14H10BrNO2S/c1-19(17,18)11-5-2-4-10(8-11)12-6-3-7-14(15)13(12)9-16/h2-8H,1H3. The van der Waals surface area contributed by atoms with E-state index in [1.165, 1.54) is 0 Å². The second kappa shape index (κ2) is 5.16. The van der Waals surface area contributed by atoms with Gasteiger partial charge in [-0.15, -0.1) is 0 Å². The number of rotatable bonds is 2. The molecule has 0 atom stereocenters. The van der Waals surface area contributed by atoms with Gasteiger partial charge in [0.2, 0.25) is 0 Å². The molecule has 0 unspecified atom stereocenters. The van der Waals surface area contributed by atoms with Gasteiger partial charge in [0.1, 0.15) is 6.07 Å². The molecular weight excluding hydrogens is 326 g/mol. The van der Waals surface area contributed by atoms with Crippen LogP contribution in [0, 0.1) is 11.3 Å². The summed E-state index contributed by atoms with van der Waals surface area (Å²) in [6.45, 7) is 0. The van der Waals surface area contributed by atoms with Crippen LogP contribution in [0.15, 0.2) is 51.8 Å². The van der Waals surface area contributed by atoms with Crippen LogP contribution in [0.25, 0.3) is 11.1 Å². The van der Waals surface area contributed by atoms with Crippen molar-refractivity contribution in [2.45, 2.75) is 4.90 Å². The normalized spacial score (nSPS) is 11.0. The van der Waals surface area contributed by atoms with Gasteiger partial charge in [0.05, 0.1) is 10.5 Å². The lowest BCUT2D eigenvalue weighted by atomic mass is 10.0. The number of nitrogens with zero attached hydrogens (tertiary/aromatic N) is 1. The first-order valence-electron chi connectivity index (χ1n) is 5.42. The van der Waals surface area contributed by atoms with Crippen LogP contribution >= 0.6 is 15.9 Å². The Morgan fingerprint density at radius 1 is 1.16 bits per heavy atom. The van der Waals surface area contributed by atoms with E-state index in [0.29, 0.717) is 21.2 Å². The van der Waals surface area contributed by atoms with Gasteiger partial charge in [-0.25, -0.2) is 8.42 Å². The molecular formula is C14H10BrNO2S. The fraction of sp³-hybridized carbons (Fsp3) is 0.0714. The molecule has 2 aromatic carbocycles. The molecule has 3 nitrogen and oxygen atoms in total. The van der Waals surface area contributed by atoms with Gasteiger partial charge in [-0.1, -0.05) is 24.3 Å². The molecule has 0 saturated carbocycles. The Labute approximate surface area is 120 Å². The summed E-state index contributed by atoms with van der Waals surface area (Å²) in [7, 11) is -3.26. The lowest BCUT2D eigenvalue weighted by Crippen LogP contribution is -1.97. The predicted molar refractivity (Wildman–Crippen MR) is 77.4 cm³/mol. The Morgan fingerprint density at radius 2 is 1.84 bits per heavy atom. The number of halogens is 1. The Balaban J connectivity index is 2.68. The third-order valence-corrected chi connectivity index (χ3v) is 4.47. The van der Waals surface area contributed by atoms with Gasteiger partial charge < -0.3 is 0 Å². The molecule has 0 radical (unpaired) electrons. The number of benzene rings is 2. The van der Waals surface area contributed by atoms with Crippen LogP contribution in [0.4, 0.5) is 0 Å². The van der Waals surface area contributed by atoms with Crippen LogP contribution in [0.1, 0.15) is 5.56 Å². The first-order chi connectivity index (χ1) is 8.93. The van der Waals surface area contributed by atoms with E-state index in [1.807, 2.05) is 6.07 Å². The van der Waals surface area contributed by atoms with E-state index in [0.717, 1.165) is 6.26 Å². The Hall–Kier alpha value is -1.64. The van der Waals surface area contributed by atoms with Crippen LogP contribution in [-0.4, -0.2) is 14.7 Å². The quantitative estimate of drug-likeness (QED) is 0.845. The topological polar surface area (TPSA) is 57.9 Å². The van der Waals surface area contributed by atoms with Gasteiger partial charge in [-0.05, 0) is 39.7 Å². The summed E-state index contributed by atoms with van der Waals surface area (Å²) in [5.41, 5.74) is 1.91. The molecule has 0 N–H and O–H groups in total. The van der Waals surface area contributed by atoms with Crippen molar-refractivity contribution in [2.24, 2.45) is 0 Å². The SMILES string of the molecule is CS(=O)(=O)c1cccc(-c2cccc(Br)c2C#N)c1. The highest BCUT2D eigenvalue weighted by Gasteiger charge is 2.11. The molecule has 0 aliphatic carbocycles. The summed E-state index contributed by atoms with van der Waals surface area (Å²) in [4.78, 5) is 0.244. The molecule has 2 rings (SSSR count). The largest absolute Gasteiger partial charge is 0.224 e. The van der Waals surface area contributed by atoms with Crippen LogP contribution < -0.4 is 0 Å². The third kappa shape index (κ3) is 2.86. The second-order valence-electron chi connectivity index (χ2n) is 4.07. The molecule has 0 amide bonds. The van der Waals surface area contributed by atoms with E-state index in [2.05, 4.69) is 22.0 Å². The van der Waals surface area contributed by atoms with Crippen molar-refractivity contribution in [3.05, 3.63) is 52.5 Å². The van der Waals surface area contributed by atoms with E-state index >= 15 is 0 Å². The zero-order chi connectivity index (χ0) is 14.0. The maximum Gasteiger partial charge on any atom is 0.175 e. The van der Waals surface area contributed by atoms with Crippen molar-refractivity contribution in [2.75, 3.05) is 6.26 Å². The zero-order valence-electron chi connectivity index (χ0n) is 10.1. The van der Waals surface area contributed by atoms with Crippen molar-refractivity contribution in [3.63, 3.8) is 0 Å². The lowest BCUT2D eigenvalue weighted by molar-refractivity contribution is 0.602. The summed E-state index contributed by atoms with van der Waals surface area (Å²) in [5.74, 6) is 0. The first-order valence-corrected chi connectivity index (χ1v) is 8.11. The van der Waals surface area contributed by atoms with Crippen molar-refractivity contribution in [1.29, 1.82) is 5.26 Å². The number of hydrogen-bond acceptors (Lipinski definition) is 3. The third-order valence-electron chi connectivity index (χ3n) is 2.70. The van der Waals surface area contributed by atoms with Crippen molar-refractivity contribution >= 4 is 25.8 Å². The zero-order valence-corrected chi connectivity index (χ0v) is 12.5. The second-order valence-corrected chi connectivity index (χ2v) is 6.94. The van der Waals surface area contributed by atoms with E-state index in [4.69, 9.17) is 0 Å². The smallest absolute Gasteiger partial charge is 0.175 e. The predicted octanol–water partition coefficient (Wildman–Crippen LogP) is 3.39. The molecule has 0 bridgehead atoms. The number of nitriles is 1. The van der Waals surface area contributed by atoms with Gasteiger partial charge in [0.15, 0.2) is 9.84 Å². The summed E-state index contributed by atoms with van der Waals surface area (Å²) >= 11 is 3.32. The monoisotopic (exact) mass is 335 g/mol. The molecule has 0 aromatic heterocycles. The Morgan fingerprint density at radius 3 is 2.47 bits per heavy atom. The minimum absolute atomic E-state index is 0.244. The summed E-state index contributed by atoms with van der Waals surface area (Å²) in [5, 5.41) is 9.19. The molecule has 5 heteroatoms. The first kappa shape index (κ1) is 13.8. The maximum absolute atomic E-state index is 11.6. The summed E-state index contributed by atoms with van der Waals surface area (Å²) in [6.07, 6.45) is 1.16. The maximum atomic E-state index is 11.6. The van der Waals surface area contributed by atoms with Crippen molar-refractivity contribution < 1.29 is 8.42 Å². The molecule has 0 fully saturated rings. The van der Waals surface area contributed by atoms with Gasteiger partial charge in [0.25, 0.3) is 0 Å². The minimum atomic E-state index is -3.26. The Kier molecular flexibility index (Phi) is 3.74. The fourth-order valence-corrected chi connectivity index (χ4v) is 2.89. The highest BCUT2D eigenvalue weighted by atomic mass is 79.9. The van der Waals surface area contributed by atoms with Crippen molar-refractivity contribution in [1.82, 2.24) is 0 Å². The highest BCUT2D eigenvalue weighted by molar-refractivity contribution is 9.10. The number of sulfone groups is 1. The van der Waals surface area contributed by atoms with E-state index in [-0.39, 0.29) is 4.90 Å². The van der Waals surface area contributed by atoms with Crippen LogP contribution in [0.3, 0.4) is 0 Å². The van der Waals surface area contributed by atoms with Crippen LogP contribution in [0.5, 0.6) is 0 Å². The average Bonchev–Trinajstić information content (AvgIpc) is 2.37. The Bertz CT molecular complexity index is 776. The van der Waals surface area contributed by atoms with Gasteiger partial charge in [-0.2, -0.15) is 5.26 Å². The molecule has 0 aliphatic heterocycles. The molecule has 0 saturated heterocycles. The van der Waals surface area contributed by atoms with Crippen LogP contribution in [-0.2, 0) is 9.84 Å². The van der Waals surface area contributed by atoms with E-state index in [1.54, 1.807) is 36.4 Å². The summed E-state index contributed by atoms with van der Waals surface area (Å²) in [6, 6.07) is 14.1. The van der Waals surface area contributed by atoms with Gasteiger partial charge in [0, 0.05) is 16.3 Å². The fourth-order valence-electron chi connectivity index (χ4n) is 1.77. The summed E-state index contributed by atoms with van der Waals surface area (Å²) < 4.78 is 23.8. The van der Waals surface area contributed by atoms with Crippen molar-refractivity contribution in [3.8, 4) is 17.2 Å². The lowest BCUT2D eigenvalue weighted by Gasteiger charge is -2.07. The molecule has 96 valence electrons. The molecule has 19 heavy (non-hydrogen) atoms. The molecule has 0 aliphatic rings. The molecule has 0 heterocycles. The molecule has 0 spiro atoms. The molecule has 2 aromatic rings.